The number of alkyl halides is 3. The van der Waals surface area contributed by atoms with Crippen LogP contribution in [0.15, 0.2) is 24.3 Å². The monoisotopic (exact) mass is 427 g/mol. The quantitative estimate of drug-likeness (QED) is 0.806. The van der Waals surface area contributed by atoms with E-state index in [2.05, 4.69) is 0 Å². The number of likely N-dealkylation sites (tertiary alicyclic amines) is 1. The van der Waals surface area contributed by atoms with Gasteiger partial charge in [0.05, 0.1) is 17.5 Å². The number of piperidine rings is 1. The first kappa shape index (κ1) is 20.5. The van der Waals surface area contributed by atoms with Crippen LogP contribution in [0.1, 0.15) is 41.6 Å². The summed E-state index contributed by atoms with van der Waals surface area (Å²) in [6.45, 7) is 0.656. The molecule has 5 nitrogen and oxygen atoms in total. The van der Waals surface area contributed by atoms with Crippen molar-refractivity contribution in [3.8, 4) is 0 Å². The summed E-state index contributed by atoms with van der Waals surface area (Å²) in [5, 5.41) is 0. The molecule has 2 saturated heterocycles. The summed E-state index contributed by atoms with van der Waals surface area (Å²) in [5.41, 5.74) is 5.78. The van der Waals surface area contributed by atoms with E-state index in [0.29, 0.717) is 24.8 Å². The van der Waals surface area contributed by atoms with Crippen LogP contribution in [0, 0.1) is 5.92 Å². The maximum Gasteiger partial charge on any atom is 0.416 e. The van der Waals surface area contributed by atoms with Crippen molar-refractivity contribution < 1.29 is 22.8 Å². The highest BCUT2D eigenvalue weighted by molar-refractivity contribution is 7.99. The van der Waals surface area contributed by atoms with Gasteiger partial charge in [-0.05, 0) is 55.9 Å². The van der Waals surface area contributed by atoms with Crippen molar-refractivity contribution in [2.24, 2.45) is 11.7 Å². The number of fused-ring (bicyclic) bond motifs is 2. The predicted molar refractivity (Wildman–Crippen MR) is 104 cm³/mol. The summed E-state index contributed by atoms with van der Waals surface area (Å²) in [6, 6.07) is 3.04. The first-order valence-electron chi connectivity index (χ1n) is 9.87. The number of thioether (sulfide) groups is 1. The Morgan fingerprint density at radius 1 is 1.14 bits per heavy atom. The molecule has 29 heavy (non-hydrogen) atoms. The number of amides is 2. The molecule has 0 aromatic heterocycles. The zero-order chi connectivity index (χ0) is 20.8. The summed E-state index contributed by atoms with van der Waals surface area (Å²) in [7, 11) is 0. The van der Waals surface area contributed by atoms with Crippen LogP contribution >= 0.6 is 11.8 Å². The molecule has 4 rings (SSSR count). The number of hydrogen-bond donors (Lipinski definition) is 1. The summed E-state index contributed by atoms with van der Waals surface area (Å²) in [6.07, 6.45) is -1.09. The van der Waals surface area contributed by atoms with Crippen molar-refractivity contribution in [3.05, 3.63) is 35.4 Å². The second-order valence-electron chi connectivity index (χ2n) is 8.09. The van der Waals surface area contributed by atoms with Gasteiger partial charge in [0.15, 0.2) is 0 Å². The number of nitrogens with zero attached hydrogens (tertiary/aromatic N) is 2. The van der Waals surface area contributed by atoms with E-state index in [-0.39, 0.29) is 23.4 Å². The molecule has 3 fully saturated rings. The fourth-order valence-electron chi connectivity index (χ4n) is 4.79. The third kappa shape index (κ3) is 3.99. The highest BCUT2D eigenvalue weighted by atomic mass is 32.2. The third-order valence-corrected chi connectivity index (χ3v) is 7.26. The van der Waals surface area contributed by atoms with Crippen molar-refractivity contribution in [1.29, 1.82) is 0 Å². The Morgan fingerprint density at radius 2 is 1.86 bits per heavy atom. The summed E-state index contributed by atoms with van der Waals surface area (Å²) >= 11 is 1.67. The normalized spacial score (nSPS) is 27.9. The molecule has 3 aliphatic rings. The van der Waals surface area contributed by atoms with Crippen molar-refractivity contribution in [1.82, 2.24) is 9.80 Å². The number of halogens is 3. The standard InChI is InChI=1S/C20H24F3N3O2S/c21-20(22,23)14-4-2-13(3-5-14)18(27)26-15-6-1-12(9-15)10-16(26)17(24)19(28)25-7-8-29-11-25/h2-5,12,15-17H,1,6-11,24H2/t12?,15?,16?,17-/m0/s1. The maximum absolute atomic E-state index is 13.3. The summed E-state index contributed by atoms with van der Waals surface area (Å²) in [4.78, 5) is 29.6. The van der Waals surface area contributed by atoms with Crippen molar-refractivity contribution in [3.63, 3.8) is 0 Å². The summed E-state index contributed by atoms with van der Waals surface area (Å²) < 4.78 is 38.5. The van der Waals surface area contributed by atoms with E-state index in [4.69, 9.17) is 5.73 Å². The van der Waals surface area contributed by atoms with E-state index in [9.17, 15) is 22.8 Å². The Labute approximate surface area is 171 Å². The molecule has 2 N–H and O–H groups in total. The lowest BCUT2D eigenvalue weighted by Gasteiger charge is -2.43. The van der Waals surface area contributed by atoms with Gasteiger partial charge in [-0.1, -0.05) is 0 Å². The highest BCUT2D eigenvalue weighted by Crippen LogP contribution is 2.41. The first-order chi connectivity index (χ1) is 13.8. The second-order valence-corrected chi connectivity index (χ2v) is 9.16. The van der Waals surface area contributed by atoms with Gasteiger partial charge in [-0.25, -0.2) is 0 Å². The molecule has 0 spiro atoms. The van der Waals surface area contributed by atoms with Gasteiger partial charge in [-0.3, -0.25) is 9.59 Å². The molecule has 158 valence electrons. The van der Waals surface area contributed by atoms with E-state index in [0.717, 1.165) is 37.1 Å². The molecule has 2 heterocycles. The van der Waals surface area contributed by atoms with E-state index < -0.39 is 23.8 Å². The zero-order valence-electron chi connectivity index (χ0n) is 15.9. The van der Waals surface area contributed by atoms with Crippen molar-refractivity contribution >= 4 is 23.6 Å². The SMILES string of the molecule is N[C@H](C(=O)N1CCSC1)C1CC2CCC(C2)N1C(=O)c1ccc(C(F)(F)F)cc1. The van der Waals surface area contributed by atoms with Gasteiger partial charge in [-0.15, -0.1) is 11.8 Å². The van der Waals surface area contributed by atoms with Crippen LogP contribution < -0.4 is 5.73 Å². The summed E-state index contributed by atoms with van der Waals surface area (Å²) in [5.74, 6) is 1.44. The average molecular weight is 427 g/mol. The molecule has 2 aliphatic heterocycles. The lowest BCUT2D eigenvalue weighted by atomic mass is 9.87. The van der Waals surface area contributed by atoms with Crippen LogP contribution in [0.5, 0.6) is 0 Å². The highest BCUT2D eigenvalue weighted by Gasteiger charge is 2.47. The molecule has 1 aromatic rings. The maximum atomic E-state index is 13.3. The number of hydrogen-bond acceptors (Lipinski definition) is 4. The topological polar surface area (TPSA) is 66.6 Å². The number of nitrogens with two attached hydrogens (primary N) is 1. The zero-order valence-corrected chi connectivity index (χ0v) is 16.7. The first-order valence-corrected chi connectivity index (χ1v) is 11.0. The Morgan fingerprint density at radius 3 is 2.48 bits per heavy atom. The predicted octanol–water partition coefficient (Wildman–Crippen LogP) is 2.95. The Hall–Kier alpha value is -1.74. The van der Waals surface area contributed by atoms with Gasteiger partial charge in [0.2, 0.25) is 5.91 Å². The number of benzene rings is 1. The molecule has 3 unspecified atom stereocenters. The molecule has 2 bridgehead atoms. The van der Waals surface area contributed by atoms with E-state index in [1.165, 1.54) is 12.1 Å². The minimum Gasteiger partial charge on any atom is -0.331 e. The Bertz CT molecular complexity index is 780. The van der Waals surface area contributed by atoms with Gasteiger partial charge in [0, 0.05) is 23.9 Å². The van der Waals surface area contributed by atoms with Gasteiger partial charge in [-0.2, -0.15) is 13.2 Å². The van der Waals surface area contributed by atoms with E-state index in [1.54, 1.807) is 21.6 Å². The fraction of sp³-hybridized carbons (Fsp3) is 0.600. The van der Waals surface area contributed by atoms with Gasteiger partial charge >= 0.3 is 6.18 Å². The third-order valence-electron chi connectivity index (χ3n) is 6.30. The van der Waals surface area contributed by atoms with Crippen molar-refractivity contribution in [2.45, 2.75) is 50.0 Å². The lowest BCUT2D eigenvalue weighted by Crippen LogP contribution is -2.61. The second kappa shape index (κ2) is 7.83. The minimum absolute atomic E-state index is 0.0136. The number of carbonyl (C=O) groups excluding carboxylic acids is 2. The van der Waals surface area contributed by atoms with Gasteiger partial charge < -0.3 is 15.5 Å². The van der Waals surface area contributed by atoms with Crippen LogP contribution in [-0.2, 0) is 11.0 Å². The smallest absolute Gasteiger partial charge is 0.331 e. The molecule has 9 heteroatoms. The van der Waals surface area contributed by atoms with Gasteiger partial charge in [0.1, 0.15) is 6.04 Å². The Kier molecular flexibility index (Phi) is 5.54. The number of rotatable bonds is 3. The molecule has 0 radical (unpaired) electrons. The molecular weight excluding hydrogens is 403 g/mol. The van der Waals surface area contributed by atoms with Crippen LogP contribution in [0.25, 0.3) is 0 Å². The molecule has 1 aliphatic carbocycles. The van der Waals surface area contributed by atoms with Crippen LogP contribution in [-0.4, -0.2) is 57.9 Å². The van der Waals surface area contributed by atoms with E-state index in [1.807, 2.05) is 0 Å². The molecule has 2 amide bonds. The van der Waals surface area contributed by atoms with Crippen LogP contribution in [0.2, 0.25) is 0 Å². The van der Waals surface area contributed by atoms with E-state index >= 15 is 0 Å². The fourth-order valence-corrected chi connectivity index (χ4v) is 5.75. The minimum atomic E-state index is -4.45. The lowest BCUT2D eigenvalue weighted by molar-refractivity contribution is -0.137. The molecule has 4 atom stereocenters. The Balaban J connectivity index is 1.58. The molecule has 1 aromatic carbocycles. The molecule has 1 saturated carbocycles. The van der Waals surface area contributed by atoms with Crippen LogP contribution in [0.3, 0.4) is 0 Å². The van der Waals surface area contributed by atoms with Crippen LogP contribution in [0.4, 0.5) is 13.2 Å². The molecular formula is C20H24F3N3O2S. The average Bonchev–Trinajstić information content (AvgIpc) is 3.36. The van der Waals surface area contributed by atoms with Gasteiger partial charge in [0.25, 0.3) is 5.91 Å². The largest absolute Gasteiger partial charge is 0.416 e. The number of carbonyl (C=O) groups is 2. The van der Waals surface area contributed by atoms with Crippen molar-refractivity contribution in [2.75, 3.05) is 18.2 Å².